The van der Waals surface area contributed by atoms with Gasteiger partial charge in [-0.15, -0.1) is 23.5 Å². The Labute approximate surface area is 302 Å². The molecule has 1 N–H and O–H groups in total. The lowest BCUT2D eigenvalue weighted by molar-refractivity contribution is 0.0685. The van der Waals surface area contributed by atoms with Crippen LogP contribution >= 0.6 is 46.1 Å². The third-order valence-electron chi connectivity index (χ3n) is 9.26. The molecule has 1 aliphatic heterocycles. The van der Waals surface area contributed by atoms with E-state index in [1.165, 1.54) is 11.3 Å². The summed E-state index contributed by atoms with van der Waals surface area (Å²) >= 11 is 6.03. The number of rotatable bonds is 3. The van der Waals surface area contributed by atoms with Gasteiger partial charge in [0.05, 0.1) is 23.5 Å². The molecule has 0 saturated heterocycles. The van der Waals surface area contributed by atoms with Crippen LogP contribution < -0.4 is 4.74 Å². The van der Waals surface area contributed by atoms with Gasteiger partial charge in [-0.2, -0.15) is 10.2 Å². The van der Waals surface area contributed by atoms with Crippen molar-refractivity contribution in [2.45, 2.75) is 59.8 Å². The minimum atomic E-state index is -0.915. The van der Waals surface area contributed by atoms with E-state index in [1.807, 2.05) is 41.2 Å². The molecule has 0 fully saturated rings. The molecule has 4 heterocycles. The summed E-state index contributed by atoms with van der Waals surface area (Å²) in [6.45, 7) is 5.54. The standard InChI is InChI=1S/C37H38IN5O3S2/c1-5-43-26-16-25(39-43)19-47-21-31-33(22(2)42(4)40-31)34-24(18-38)12-13-30-29(36(37(44)45)41(3)35(30)34)11-8-14-46-32-17-27(48-20-26)15-23-9-6-7-10-28(23)32/h6-7,9-10,12-13,15-17H,5,8,11,14,18-21H2,1-4H3,(H,44,45). The SMILES string of the molecule is CCn1nc2cc1CSc1cc(c3ccccc3c1)OCCCc1c(C(=O)O)n(C)c3c(c(CI)ccc13)-c1c(nn(C)c1C)CSC2. The van der Waals surface area contributed by atoms with Crippen molar-refractivity contribution in [1.29, 1.82) is 0 Å². The lowest BCUT2D eigenvalue weighted by Gasteiger charge is -2.14. The number of aromatic nitrogens is 5. The molecule has 0 amide bonds. The first-order valence-electron chi connectivity index (χ1n) is 16.2. The topological polar surface area (TPSA) is 87.1 Å². The van der Waals surface area contributed by atoms with Gasteiger partial charge in [0.25, 0.3) is 0 Å². The van der Waals surface area contributed by atoms with Gasteiger partial charge in [-0.3, -0.25) is 9.36 Å². The Kier molecular flexibility index (Phi) is 9.54. The average Bonchev–Trinajstić information content (AvgIpc) is 3.71. The van der Waals surface area contributed by atoms with Gasteiger partial charge in [-0.05, 0) is 61.4 Å². The lowest BCUT2D eigenvalue weighted by atomic mass is 9.94. The molecule has 8 nitrogen and oxygen atoms in total. The Morgan fingerprint density at radius 3 is 2.65 bits per heavy atom. The van der Waals surface area contributed by atoms with E-state index in [2.05, 4.69) is 89.7 Å². The molecule has 0 aliphatic carbocycles. The number of hydrogen-bond acceptors (Lipinski definition) is 6. The smallest absolute Gasteiger partial charge is 0.352 e. The third-order valence-corrected chi connectivity index (χ3v) is 12.1. The van der Waals surface area contributed by atoms with Crippen LogP contribution in [0.5, 0.6) is 5.75 Å². The average molecular weight is 792 g/mol. The molecule has 0 unspecified atom stereocenters. The van der Waals surface area contributed by atoms with Crippen molar-refractivity contribution in [3.8, 4) is 16.9 Å². The number of ether oxygens (including phenoxy) is 1. The molecular weight excluding hydrogens is 753 g/mol. The zero-order valence-electron chi connectivity index (χ0n) is 27.5. The van der Waals surface area contributed by atoms with Gasteiger partial charge >= 0.3 is 5.97 Å². The third kappa shape index (κ3) is 6.02. The van der Waals surface area contributed by atoms with E-state index < -0.39 is 5.97 Å². The number of carbonyl (C=O) groups is 1. The number of nitrogens with zero attached hydrogens (tertiary/aromatic N) is 5. The van der Waals surface area contributed by atoms with Crippen molar-refractivity contribution >= 4 is 73.8 Å². The zero-order chi connectivity index (χ0) is 33.5. The van der Waals surface area contributed by atoms with E-state index in [0.29, 0.717) is 25.1 Å². The highest BCUT2D eigenvalue weighted by Gasteiger charge is 2.27. The number of thioether (sulfide) groups is 2. The largest absolute Gasteiger partial charge is 0.493 e. The van der Waals surface area contributed by atoms with Gasteiger partial charge in [0.15, 0.2) is 0 Å². The fourth-order valence-corrected chi connectivity index (χ4v) is 9.38. The first-order chi connectivity index (χ1) is 23.3. The summed E-state index contributed by atoms with van der Waals surface area (Å²) in [7, 11) is 3.88. The quantitative estimate of drug-likeness (QED) is 0.142. The molecule has 6 aromatic rings. The van der Waals surface area contributed by atoms with Crippen LogP contribution in [0.15, 0.2) is 59.5 Å². The number of alkyl halides is 1. The summed E-state index contributed by atoms with van der Waals surface area (Å²) in [5.41, 5.74) is 9.84. The Hall–Kier alpha value is -3.42. The monoisotopic (exact) mass is 791 g/mol. The maximum Gasteiger partial charge on any atom is 0.352 e. The van der Waals surface area contributed by atoms with Gasteiger partial charge in [-0.25, -0.2) is 4.79 Å². The van der Waals surface area contributed by atoms with Crippen LogP contribution in [0.4, 0.5) is 0 Å². The second kappa shape index (κ2) is 13.8. The van der Waals surface area contributed by atoms with Crippen LogP contribution in [0.25, 0.3) is 32.8 Å². The summed E-state index contributed by atoms with van der Waals surface area (Å²) in [5, 5.41) is 23.7. The van der Waals surface area contributed by atoms with Gasteiger partial charge in [0.1, 0.15) is 11.4 Å². The van der Waals surface area contributed by atoms with E-state index in [9.17, 15) is 9.90 Å². The zero-order valence-corrected chi connectivity index (χ0v) is 31.3. The fourth-order valence-electron chi connectivity index (χ4n) is 6.95. The number of aromatic carboxylic acids is 1. The number of hydrogen-bond donors (Lipinski definition) is 1. The predicted octanol–water partition coefficient (Wildman–Crippen LogP) is 8.94. The number of halogens is 1. The minimum Gasteiger partial charge on any atom is -0.493 e. The van der Waals surface area contributed by atoms with E-state index in [0.717, 1.165) is 94.3 Å². The second-order valence-corrected chi connectivity index (χ2v) is 15.0. The Bertz CT molecular complexity index is 2180. The number of carboxylic acids is 1. The Balaban J connectivity index is 1.37. The molecule has 8 bridgehead atoms. The maximum absolute atomic E-state index is 12.8. The number of carboxylic acid groups (broad SMARTS) is 1. The van der Waals surface area contributed by atoms with E-state index >= 15 is 0 Å². The van der Waals surface area contributed by atoms with Gasteiger partial charge in [0, 0.05) is 80.5 Å². The molecular formula is C37H38IN5O3S2. The highest BCUT2D eigenvalue weighted by molar-refractivity contribution is 14.1. The molecule has 0 radical (unpaired) electrons. The van der Waals surface area contributed by atoms with Crippen LogP contribution in [-0.4, -0.2) is 41.8 Å². The molecule has 0 saturated carbocycles. The number of fused-ring (bicyclic) bond motifs is 8. The molecule has 248 valence electrons. The first-order valence-corrected chi connectivity index (χ1v) is 19.8. The predicted molar refractivity (Wildman–Crippen MR) is 205 cm³/mol. The Morgan fingerprint density at radius 2 is 1.85 bits per heavy atom. The highest BCUT2D eigenvalue weighted by atomic mass is 127. The summed E-state index contributed by atoms with van der Waals surface area (Å²) < 4.78 is 13.2. The Morgan fingerprint density at radius 1 is 1.02 bits per heavy atom. The van der Waals surface area contributed by atoms with Gasteiger partial charge in [0.2, 0.25) is 0 Å². The van der Waals surface area contributed by atoms with Crippen molar-refractivity contribution in [2.75, 3.05) is 6.61 Å². The number of benzene rings is 3. The van der Waals surface area contributed by atoms with Crippen LogP contribution in [0, 0.1) is 6.92 Å². The molecule has 0 spiro atoms. The van der Waals surface area contributed by atoms with Crippen LogP contribution in [0.2, 0.25) is 0 Å². The van der Waals surface area contributed by atoms with Crippen LogP contribution in [0.1, 0.15) is 57.7 Å². The van der Waals surface area contributed by atoms with Crippen molar-refractivity contribution in [1.82, 2.24) is 24.1 Å². The van der Waals surface area contributed by atoms with E-state index in [4.69, 9.17) is 14.9 Å². The molecule has 7 rings (SSSR count). The second-order valence-electron chi connectivity index (χ2n) is 12.2. The van der Waals surface area contributed by atoms with Gasteiger partial charge in [-0.1, -0.05) is 59.0 Å². The molecule has 0 atom stereocenters. The van der Waals surface area contributed by atoms with Crippen molar-refractivity contribution < 1.29 is 14.6 Å². The fraction of sp³-hybridized carbons (Fsp3) is 0.324. The normalized spacial score (nSPS) is 14.2. The van der Waals surface area contributed by atoms with Crippen LogP contribution in [0.3, 0.4) is 0 Å². The summed E-state index contributed by atoms with van der Waals surface area (Å²) in [6, 6.07) is 19.2. The molecule has 48 heavy (non-hydrogen) atoms. The van der Waals surface area contributed by atoms with Crippen molar-refractivity contribution in [2.24, 2.45) is 14.1 Å². The highest BCUT2D eigenvalue weighted by Crippen LogP contribution is 2.42. The summed E-state index contributed by atoms with van der Waals surface area (Å²) in [5.74, 6) is 2.24. The van der Waals surface area contributed by atoms with Gasteiger partial charge < -0.3 is 14.4 Å². The van der Waals surface area contributed by atoms with E-state index in [-0.39, 0.29) is 0 Å². The van der Waals surface area contributed by atoms with Crippen LogP contribution in [-0.2, 0) is 48.7 Å². The van der Waals surface area contributed by atoms with E-state index in [1.54, 1.807) is 11.8 Å². The number of aryl methyl sites for hydroxylation is 4. The summed E-state index contributed by atoms with van der Waals surface area (Å²) in [6.07, 6.45) is 1.27. The first kappa shape index (κ1) is 33.1. The molecule has 3 aromatic carbocycles. The molecule has 1 aliphatic rings. The summed E-state index contributed by atoms with van der Waals surface area (Å²) in [4.78, 5) is 14.0. The molecule has 11 heteroatoms. The lowest BCUT2D eigenvalue weighted by Crippen LogP contribution is -2.09. The van der Waals surface area contributed by atoms with Crippen molar-refractivity contribution in [3.05, 3.63) is 94.2 Å². The molecule has 3 aromatic heterocycles. The minimum absolute atomic E-state index is 0.336. The van der Waals surface area contributed by atoms with Crippen molar-refractivity contribution in [3.63, 3.8) is 0 Å². The maximum atomic E-state index is 12.8.